The van der Waals surface area contributed by atoms with Gasteiger partial charge in [0, 0.05) is 50.1 Å². The number of rotatable bonds is 7. The molecule has 0 amide bonds. The Morgan fingerprint density at radius 3 is 2.66 bits per heavy atom. The van der Waals surface area contributed by atoms with Gasteiger partial charge in [-0.1, -0.05) is 36.9 Å². The molecule has 0 saturated heterocycles. The van der Waals surface area contributed by atoms with E-state index in [1.165, 1.54) is 0 Å². The molecule has 6 heteroatoms. The highest BCUT2D eigenvalue weighted by molar-refractivity contribution is 7.84. The second-order valence-corrected chi connectivity index (χ2v) is 7.72. The van der Waals surface area contributed by atoms with Gasteiger partial charge in [-0.15, -0.1) is 12.6 Å². The fourth-order valence-electron chi connectivity index (χ4n) is 3.11. The first-order chi connectivity index (χ1) is 13.9. The summed E-state index contributed by atoms with van der Waals surface area (Å²) < 4.78 is 0. The molecular weight excluding hydrogens is 380 g/mol. The van der Waals surface area contributed by atoms with Crippen molar-refractivity contribution >= 4 is 12.6 Å². The number of likely N-dealkylation sites (N-methyl/N-ethyl adjacent to an activating group) is 2. The first-order valence-corrected chi connectivity index (χ1v) is 9.95. The zero-order chi connectivity index (χ0) is 20.8. The van der Waals surface area contributed by atoms with Crippen LogP contribution < -0.4 is 10.6 Å². The van der Waals surface area contributed by atoms with Crippen molar-refractivity contribution in [3.05, 3.63) is 107 Å². The lowest BCUT2D eigenvalue weighted by Gasteiger charge is -2.27. The van der Waals surface area contributed by atoms with E-state index < -0.39 is 0 Å². The molecule has 1 atom stereocenters. The molecule has 3 rings (SSSR count). The van der Waals surface area contributed by atoms with Gasteiger partial charge in [0.1, 0.15) is 5.82 Å². The number of aliphatic hydroxyl groups is 1. The van der Waals surface area contributed by atoms with Crippen LogP contribution in [-0.2, 0) is 0 Å². The van der Waals surface area contributed by atoms with Crippen LogP contribution in [0, 0.1) is 0 Å². The maximum Gasteiger partial charge on any atom is 0.188 e. The van der Waals surface area contributed by atoms with E-state index in [9.17, 15) is 5.11 Å². The van der Waals surface area contributed by atoms with Crippen LogP contribution in [0.25, 0.3) is 0 Å². The average Bonchev–Trinajstić information content (AvgIpc) is 2.71. The summed E-state index contributed by atoms with van der Waals surface area (Å²) in [6, 6.07) is 10.0. The number of hydrogen-bond donors (Lipinski definition) is 4. The van der Waals surface area contributed by atoms with Crippen LogP contribution >= 0.6 is 12.6 Å². The van der Waals surface area contributed by atoms with Gasteiger partial charge in [-0.2, -0.15) is 0 Å². The Hall–Kier alpha value is -2.99. The van der Waals surface area contributed by atoms with Gasteiger partial charge in [0.15, 0.2) is 5.88 Å². The summed E-state index contributed by atoms with van der Waals surface area (Å²) in [5.74, 6) is 1.25. The number of allylic oxidation sites excluding steroid dienone is 3. The number of thiol groups is 1. The number of nitrogens with one attached hydrogen (secondary N) is 2. The molecule has 0 saturated carbocycles. The van der Waals surface area contributed by atoms with Gasteiger partial charge in [-0.3, -0.25) is 0 Å². The molecule has 0 bridgehead atoms. The van der Waals surface area contributed by atoms with Crippen molar-refractivity contribution in [2.75, 3.05) is 27.2 Å². The fraction of sp³-hybridized carbons (Fsp3) is 0.217. The molecule has 29 heavy (non-hydrogen) atoms. The summed E-state index contributed by atoms with van der Waals surface area (Å²) in [5, 5.41) is 16.9. The van der Waals surface area contributed by atoms with Gasteiger partial charge in [-0.05, 0) is 35.4 Å². The summed E-state index contributed by atoms with van der Waals surface area (Å²) in [5.41, 5.74) is 2.88. The molecule has 1 aromatic rings. The van der Waals surface area contributed by atoms with Gasteiger partial charge < -0.3 is 25.5 Å². The highest BCUT2D eigenvalue weighted by Gasteiger charge is 2.17. The molecule has 0 aromatic heterocycles. The summed E-state index contributed by atoms with van der Waals surface area (Å²) in [4.78, 5) is 4.90. The number of benzene rings is 1. The van der Waals surface area contributed by atoms with Crippen LogP contribution in [0.1, 0.15) is 11.6 Å². The van der Waals surface area contributed by atoms with E-state index in [-0.39, 0.29) is 11.9 Å². The predicted molar refractivity (Wildman–Crippen MR) is 123 cm³/mol. The largest absolute Gasteiger partial charge is 0.495 e. The Morgan fingerprint density at radius 2 is 1.97 bits per heavy atom. The molecular formula is C23H28N4OS. The average molecular weight is 409 g/mol. The fourth-order valence-corrected chi connectivity index (χ4v) is 3.40. The number of hydrogen-bond acceptors (Lipinski definition) is 6. The highest BCUT2D eigenvalue weighted by Crippen LogP contribution is 2.24. The maximum absolute atomic E-state index is 10.0. The van der Waals surface area contributed by atoms with Crippen LogP contribution in [0.3, 0.4) is 0 Å². The van der Waals surface area contributed by atoms with Crippen molar-refractivity contribution < 1.29 is 5.11 Å². The molecule has 2 aliphatic heterocycles. The van der Waals surface area contributed by atoms with Crippen molar-refractivity contribution in [2.24, 2.45) is 0 Å². The lowest BCUT2D eigenvalue weighted by atomic mass is 9.99. The predicted octanol–water partition coefficient (Wildman–Crippen LogP) is 3.81. The molecule has 1 unspecified atom stereocenters. The minimum Gasteiger partial charge on any atom is -0.495 e. The molecule has 1 aromatic carbocycles. The lowest BCUT2D eigenvalue weighted by molar-refractivity contribution is 0.242. The van der Waals surface area contributed by atoms with Crippen molar-refractivity contribution in [2.45, 2.75) is 6.04 Å². The molecule has 0 fully saturated rings. The molecule has 3 N–H and O–H groups in total. The van der Waals surface area contributed by atoms with Crippen molar-refractivity contribution in [3.63, 3.8) is 0 Å². The van der Waals surface area contributed by atoms with E-state index in [2.05, 4.69) is 46.9 Å². The lowest BCUT2D eigenvalue weighted by Crippen LogP contribution is -2.29. The molecule has 2 heterocycles. The monoisotopic (exact) mass is 408 g/mol. The van der Waals surface area contributed by atoms with E-state index in [0.29, 0.717) is 6.54 Å². The van der Waals surface area contributed by atoms with Gasteiger partial charge >= 0.3 is 0 Å². The van der Waals surface area contributed by atoms with Gasteiger partial charge in [0.25, 0.3) is 0 Å². The maximum atomic E-state index is 10.0. The Bertz CT molecular complexity index is 899. The summed E-state index contributed by atoms with van der Waals surface area (Å²) in [6.45, 7) is 5.71. The van der Waals surface area contributed by atoms with E-state index in [4.69, 9.17) is 0 Å². The van der Waals surface area contributed by atoms with Crippen molar-refractivity contribution in [1.82, 2.24) is 20.4 Å². The van der Waals surface area contributed by atoms with Crippen LogP contribution in [-0.4, -0.2) is 42.1 Å². The Labute approximate surface area is 178 Å². The molecule has 0 aliphatic carbocycles. The Kier molecular flexibility index (Phi) is 6.77. The van der Waals surface area contributed by atoms with Crippen LogP contribution in [0.2, 0.25) is 0 Å². The van der Waals surface area contributed by atoms with Gasteiger partial charge in [0.05, 0.1) is 6.04 Å². The van der Waals surface area contributed by atoms with E-state index in [0.717, 1.165) is 34.1 Å². The molecule has 0 spiro atoms. The van der Waals surface area contributed by atoms with E-state index >= 15 is 0 Å². The van der Waals surface area contributed by atoms with Crippen LogP contribution in [0.4, 0.5) is 0 Å². The Balaban J connectivity index is 1.73. The number of aliphatic hydroxyl groups excluding tert-OH is 1. The zero-order valence-corrected chi connectivity index (χ0v) is 17.7. The SMILES string of the molecule is C=C(/C=C/NC1=CC=C(S)CN1C)C(NC1=CCN(C)C(O)=C1)c1ccccc1. The van der Waals surface area contributed by atoms with Gasteiger partial charge in [-0.25, -0.2) is 0 Å². The summed E-state index contributed by atoms with van der Waals surface area (Å²) in [7, 11) is 3.87. The van der Waals surface area contributed by atoms with Crippen molar-refractivity contribution in [1.29, 1.82) is 0 Å². The smallest absolute Gasteiger partial charge is 0.188 e. The third-order valence-electron chi connectivity index (χ3n) is 4.85. The second-order valence-electron chi connectivity index (χ2n) is 7.15. The molecule has 0 radical (unpaired) electrons. The van der Waals surface area contributed by atoms with Crippen LogP contribution in [0.5, 0.6) is 0 Å². The normalized spacial score (nSPS) is 17.9. The molecule has 2 aliphatic rings. The number of nitrogens with zero attached hydrogens (tertiary/aromatic N) is 2. The minimum absolute atomic E-state index is 0.116. The third-order valence-corrected chi connectivity index (χ3v) is 5.14. The first kappa shape index (κ1) is 20.7. The summed E-state index contributed by atoms with van der Waals surface area (Å²) in [6.07, 6.45) is 11.6. The minimum atomic E-state index is -0.116. The standard InChI is InChI=1S/C23H28N4OS/c1-17(11-13-24-21-10-9-20(29)16-27(21)3)23(18-7-5-4-6-8-18)25-19-12-14-26(2)22(28)15-19/h4-13,15,23-25,28-29H,1,14,16H2,2-3H3/b13-11+. The van der Waals surface area contributed by atoms with E-state index in [1.807, 2.05) is 62.8 Å². The molecule has 5 nitrogen and oxygen atoms in total. The highest BCUT2D eigenvalue weighted by atomic mass is 32.1. The van der Waals surface area contributed by atoms with Crippen molar-refractivity contribution in [3.8, 4) is 0 Å². The van der Waals surface area contributed by atoms with Gasteiger partial charge in [0.2, 0.25) is 0 Å². The second kappa shape index (κ2) is 9.47. The summed E-state index contributed by atoms with van der Waals surface area (Å²) >= 11 is 4.40. The van der Waals surface area contributed by atoms with Crippen LogP contribution in [0.15, 0.2) is 101 Å². The van der Waals surface area contributed by atoms with E-state index in [1.54, 1.807) is 11.0 Å². The zero-order valence-electron chi connectivity index (χ0n) is 16.8. The quantitative estimate of drug-likeness (QED) is 0.408. The Morgan fingerprint density at radius 1 is 1.21 bits per heavy atom. The third kappa shape index (κ3) is 5.51. The molecule has 152 valence electrons. The first-order valence-electron chi connectivity index (χ1n) is 9.50. The topological polar surface area (TPSA) is 50.8 Å².